The molecule has 0 bridgehead atoms. The van der Waals surface area contributed by atoms with Gasteiger partial charge in [0.1, 0.15) is 5.75 Å². The van der Waals surface area contributed by atoms with Gasteiger partial charge in [-0.15, -0.1) is 0 Å². The lowest BCUT2D eigenvalue weighted by Gasteiger charge is -2.15. The first-order valence-electron chi connectivity index (χ1n) is 8.41. The van der Waals surface area contributed by atoms with E-state index < -0.39 is 0 Å². The molecule has 134 valence electrons. The van der Waals surface area contributed by atoms with Crippen molar-refractivity contribution < 1.29 is 23.8 Å². The summed E-state index contributed by atoms with van der Waals surface area (Å²) in [6, 6.07) is 5.83. The molecule has 0 heterocycles. The molecule has 24 heavy (non-hydrogen) atoms. The van der Waals surface area contributed by atoms with Gasteiger partial charge in [0.15, 0.2) is 0 Å². The topological polar surface area (TPSA) is 61.8 Å². The van der Waals surface area contributed by atoms with E-state index in [0.29, 0.717) is 26.1 Å². The molecule has 0 spiro atoms. The van der Waals surface area contributed by atoms with Gasteiger partial charge in [0.2, 0.25) is 0 Å². The van der Waals surface area contributed by atoms with Gasteiger partial charge in [-0.25, -0.2) is 0 Å². The molecule has 0 aliphatic rings. The monoisotopic (exact) mass is 336 g/mol. The third-order valence-corrected chi connectivity index (χ3v) is 3.72. The first-order chi connectivity index (χ1) is 11.4. The van der Waals surface area contributed by atoms with Crippen LogP contribution in [0, 0.1) is 11.8 Å². The Kier molecular flexibility index (Phi) is 8.30. The van der Waals surface area contributed by atoms with E-state index in [2.05, 4.69) is 0 Å². The second-order valence-corrected chi connectivity index (χ2v) is 5.90. The minimum absolute atomic E-state index is 0.207. The molecule has 0 saturated heterocycles. The summed E-state index contributed by atoms with van der Waals surface area (Å²) in [6.45, 7) is 8.04. The van der Waals surface area contributed by atoms with Crippen LogP contribution in [-0.4, -0.2) is 32.3 Å². The summed E-state index contributed by atoms with van der Waals surface area (Å²) < 4.78 is 15.5. The van der Waals surface area contributed by atoms with Crippen molar-refractivity contribution in [3.05, 3.63) is 29.3 Å². The van der Waals surface area contributed by atoms with E-state index in [1.54, 1.807) is 21.0 Å². The van der Waals surface area contributed by atoms with Crippen LogP contribution in [0.3, 0.4) is 0 Å². The Morgan fingerprint density at radius 1 is 0.875 bits per heavy atom. The molecule has 5 heteroatoms. The molecule has 1 aromatic rings. The summed E-state index contributed by atoms with van der Waals surface area (Å²) in [7, 11) is 1.60. The van der Waals surface area contributed by atoms with Gasteiger partial charge in [0.25, 0.3) is 0 Å². The van der Waals surface area contributed by atoms with Crippen LogP contribution in [0.2, 0.25) is 0 Å². The van der Waals surface area contributed by atoms with Gasteiger partial charge >= 0.3 is 11.9 Å². The quantitative estimate of drug-likeness (QED) is 0.648. The number of hydrogen-bond acceptors (Lipinski definition) is 5. The standard InChI is InChI=1S/C19H28O5/c1-6-23-18(20)13(3)8-15-10-16(12-17(11-15)22-5)9-14(4)19(21)24-7-2/h10-14H,6-9H2,1-5H3. The van der Waals surface area contributed by atoms with Gasteiger partial charge in [-0.1, -0.05) is 19.9 Å². The van der Waals surface area contributed by atoms with E-state index in [4.69, 9.17) is 14.2 Å². The van der Waals surface area contributed by atoms with E-state index in [9.17, 15) is 9.59 Å². The molecule has 0 fully saturated rings. The van der Waals surface area contributed by atoms with Crippen LogP contribution < -0.4 is 4.74 Å². The minimum atomic E-state index is -0.229. The zero-order chi connectivity index (χ0) is 18.1. The van der Waals surface area contributed by atoms with Crippen LogP contribution in [0.5, 0.6) is 5.75 Å². The zero-order valence-corrected chi connectivity index (χ0v) is 15.3. The maximum Gasteiger partial charge on any atom is 0.308 e. The molecule has 0 amide bonds. The molecule has 0 aliphatic carbocycles. The Morgan fingerprint density at radius 3 is 1.62 bits per heavy atom. The number of carbonyl (C=O) groups is 2. The van der Waals surface area contributed by atoms with Gasteiger partial charge in [-0.05, 0) is 49.9 Å². The molecule has 0 aliphatic heterocycles. The van der Waals surface area contributed by atoms with Crippen LogP contribution in [-0.2, 0) is 31.9 Å². The van der Waals surface area contributed by atoms with Gasteiger partial charge in [-0.2, -0.15) is 0 Å². The number of methoxy groups -OCH3 is 1. The lowest BCUT2D eigenvalue weighted by molar-refractivity contribution is -0.148. The number of rotatable bonds is 9. The van der Waals surface area contributed by atoms with Gasteiger partial charge < -0.3 is 14.2 Å². The summed E-state index contributed by atoms with van der Waals surface area (Å²) in [5.41, 5.74) is 1.97. The van der Waals surface area contributed by atoms with Crippen molar-refractivity contribution in [3.8, 4) is 5.75 Å². The van der Waals surface area contributed by atoms with Crippen molar-refractivity contribution in [1.29, 1.82) is 0 Å². The fraction of sp³-hybridized carbons (Fsp3) is 0.579. The van der Waals surface area contributed by atoms with Crippen LogP contribution in [0.1, 0.15) is 38.8 Å². The normalized spacial score (nSPS) is 13.0. The van der Waals surface area contributed by atoms with Crippen molar-refractivity contribution in [2.75, 3.05) is 20.3 Å². The second kappa shape index (κ2) is 9.96. The highest BCUT2D eigenvalue weighted by Crippen LogP contribution is 2.22. The average Bonchev–Trinajstić information content (AvgIpc) is 2.54. The predicted molar refractivity (Wildman–Crippen MR) is 92.0 cm³/mol. The van der Waals surface area contributed by atoms with Crippen LogP contribution in [0.25, 0.3) is 0 Å². The number of carbonyl (C=O) groups excluding carboxylic acids is 2. The number of hydrogen-bond donors (Lipinski definition) is 0. The summed E-state index contributed by atoms with van der Waals surface area (Å²) in [5.74, 6) is -0.155. The summed E-state index contributed by atoms with van der Waals surface area (Å²) in [4.78, 5) is 23.6. The summed E-state index contributed by atoms with van der Waals surface area (Å²) >= 11 is 0. The third kappa shape index (κ3) is 6.22. The number of esters is 2. The number of benzene rings is 1. The average molecular weight is 336 g/mol. The molecule has 2 atom stereocenters. The Morgan fingerprint density at radius 2 is 1.29 bits per heavy atom. The highest BCUT2D eigenvalue weighted by Gasteiger charge is 2.18. The SMILES string of the molecule is CCOC(=O)C(C)Cc1cc(CC(C)C(=O)OCC)cc(OC)c1. The number of ether oxygens (including phenoxy) is 3. The molecule has 5 nitrogen and oxygen atoms in total. The molecule has 0 saturated carbocycles. The Bertz CT molecular complexity index is 508. The van der Waals surface area contributed by atoms with Gasteiger partial charge in [0.05, 0.1) is 32.2 Å². The first kappa shape index (κ1) is 20.0. The summed E-state index contributed by atoms with van der Waals surface area (Å²) in [5, 5.41) is 0. The lowest BCUT2D eigenvalue weighted by atomic mass is 9.95. The lowest BCUT2D eigenvalue weighted by Crippen LogP contribution is -2.18. The molecular formula is C19H28O5. The van der Waals surface area contributed by atoms with Crippen LogP contribution in [0.15, 0.2) is 18.2 Å². The fourth-order valence-electron chi connectivity index (χ4n) is 2.52. The fourth-order valence-corrected chi connectivity index (χ4v) is 2.52. The smallest absolute Gasteiger partial charge is 0.308 e. The summed E-state index contributed by atoms with van der Waals surface area (Å²) in [6.07, 6.45) is 1.13. The minimum Gasteiger partial charge on any atom is -0.497 e. The highest BCUT2D eigenvalue weighted by molar-refractivity contribution is 5.73. The van der Waals surface area contributed by atoms with E-state index in [1.165, 1.54) is 0 Å². The second-order valence-electron chi connectivity index (χ2n) is 5.90. The molecule has 0 N–H and O–H groups in total. The van der Waals surface area contributed by atoms with Crippen LogP contribution >= 0.6 is 0 Å². The Hall–Kier alpha value is -2.04. The van der Waals surface area contributed by atoms with Gasteiger partial charge in [0, 0.05) is 0 Å². The molecule has 1 aromatic carbocycles. The molecule has 0 aromatic heterocycles. The van der Waals surface area contributed by atoms with Crippen LogP contribution in [0.4, 0.5) is 0 Å². The largest absolute Gasteiger partial charge is 0.497 e. The third-order valence-electron chi connectivity index (χ3n) is 3.72. The van der Waals surface area contributed by atoms with E-state index in [1.807, 2.05) is 32.0 Å². The molecule has 2 unspecified atom stereocenters. The molecule has 1 rings (SSSR count). The first-order valence-corrected chi connectivity index (χ1v) is 8.41. The van der Waals surface area contributed by atoms with E-state index in [-0.39, 0.29) is 23.8 Å². The van der Waals surface area contributed by atoms with Crippen molar-refractivity contribution in [1.82, 2.24) is 0 Å². The molecular weight excluding hydrogens is 308 g/mol. The Balaban J connectivity index is 2.87. The highest BCUT2D eigenvalue weighted by atomic mass is 16.5. The maximum absolute atomic E-state index is 11.8. The van der Waals surface area contributed by atoms with Crippen molar-refractivity contribution >= 4 is 11.9 Å². The van der Waals surface area contributed by atoms with Crippen molar-refractivity contribution in [3.63, 3.8) is 0 Å². The zero-order valence-electron chi connectivity index (χ0n) is 15.3. The maximum atomic E-state index is 11.8. The van der Waals surface area contributed by atoms with E-state index in [0.717, 1.165) is 16.9 Å². The van der Waals surface area contributed by atoms with E-state index >= 15 is 0 Å². The van der Waals surface area contributed by atoms with Gasteiger partial charge in [-0.3, -0.25) is 9.59 Å². The van der Waals surface area contributed by atoms with Crippen molar-refractivity contribution in [2.24, 2.45) is 11.8 Å². The molecule has 0 radical (unpaired) electrons. The Labute approximate surface area is 144 Å². The van der Waals surface area contributed by atoms with Crippen molar-refractivity contribution in [2.45, 2.75) is 40.5 Å². The predicted octanol–water partition coefficient (Wildman–Crippen LogP) is 3.18.